The predicted molar refractivity (Wildman–Crippen MR) is 127 cm³/mol. The van der Waals surface area contributed by atoms with Crippen LogP contribution in [0.25, 0.3) is 11.4 Å². The van der Waals surface area contributed by atoms with E-state index in [1.54, 1.807) is 6.92 Å². The van der Waals surface area contributed by atoms with Crippen LogP contribution in [0.5, 0.6) is 0 Å². The van der Waals surface area contributed by atoms with Crippen molar-refractivity contribution in [2.75, 3.05) is 6.54 Å². The smallest absolute Gasteiger partial charge is 0.295 e. The molecular weight excluding hydrogens is 438 g/mol. The third-order valence-corrected chi connectivity index (χ3v) is 6.05. The lowest BCUT2D eigenvalue weighted by Crippen LogP contribution is -2.53. The molecule has 1 aliphatic rings. The van der Waals surface area contributed by atoms with E-state index in [0.717, 1.165) is 24.1 Å². The molecule has 2 aromatic carbocycles. The maximum atomic E-state index is 12.8. The normalized spacial score (nSPS) is 18.9. The van der Waals surface area contributed by atoms with Gasteiger partial charge in [-0.3, -0.25) is 14.6 Å². The van der Waals surface area contributed by atoms with Gasteiger partial charge in [0, 0.05) is 12.1 Å². The number of carbonyl (C=O) groups excluding carboxylic acids is 2. The molecule has 8 nitrogen and oxygen atoms in total. The van der Waals surface area contributed by atoms with Gasteiger partial charge in [-0.15, -0.1) is 0 Å². The zero-order valence-electron chi connectivity index (χ0n) is 18.3. The Hall–Kier alpha value is -3.30. The van der Waals surface area contributed by atoms with Crippen LogP contribution in [0, 0.1) is 4.84 Å². The van der Waals surface area contributed by atoms with E-state index >= 15 is 0 Å². The van der Waals surface area contributed by atoms with E-state index in [1.807, 2.05) is 42.5 Å². The van der Waals surface area contributed by atoms with Crippen molar-refractivity contribution in [2.45, 2.75) is 44.3 Å². The van der Waals surface area contributed by atoms with Gasteiger partial charge >= 0.3 is 0 Å². The van der Waals surface area contributed by atoms with Crippen molar-refractivity contribution in [3.05, 3.63) is 70.6 Å². The molecule has 2 amide bonds. The van der Waals surface area contributed by atoms with Gasteiger partial charge in [-0.25, -0.2) is 0 Å². The maximum absolute atomic E-state index is 12.8. The van der Waals surface area contributed by atoms with Gasteiger partial charge in [-0.2, -0.15) is 0 Å². The Kier molecular flexibility index (Phi) is 7.31. The molecule has 1 saturated heterocycles. The summed E-state index contributed by atoms with van der Waals surface area (Å²) in [6.07, 6.45) is 1.71. The molecule has 0 saturated carbocycles. The molecule has 3 aromatic rings. The summed E-state index contributed by atoms with van der Waals surface area (Å²) in [5, 5.41) is 12.8. The number of hydrogen-bond acceptors (Lipinski definition) is 6. The third-order valence-electron chi connectivity index (χ3n) is 5.88. The Bertz CT molecular complexity index is 1140. The van der Waals surface area contributed by atoms with Crippen molar-refractivity contribution in [3.8, 4) is 11.4 Å². The summed E-state index contributed by atoms with van der Waals surface area (Å²) in [4.78, 5) is 28.4. The number of hydrogen-bond donors (Lipinski definition) is 4. The van der Waals surface area contributed by atoms with Crippen molar-refractivity contribution in [1.82, 2.24) is 26.1 Å². The van der Waals surface area contributed by atoms with Crippen LogP contribution >= 0.6 is 12.2 Å². The lowest BCUT2D eigenvalue weighted by Gasteiger charge is -2.30. The standard InChI is InChI=1S/C24H27N5O3S/c1-15(27-23(31)20-13-19(11-12-25-20)17-5-3-2-4-6-17)22(30)26-14-16-7-9-18(10-8-16)21-28-24(33)32-29-21/h2-10,15,19-20,25H,11-14H2,1H3,(H,26,30)(H,27,31)(H,28,29,33)/t15-,19-,20+/m0/s1. The lowest BCUT2D eigenvalue weighted by molar-refractivity contribution is -0.130. The van der Waals surface area contributed by atoms with E-state index in [-0.39, 0.29) is 22.7 Å². The first-order valence-electron chi connectivity index (χ1n) is 11.0. The van der Waals surface area contributed by atoms with Crippen LogP contribution in [0.2, 0.25) is 0 Å². The summed E-state index contributed by atoms with van der Waals surface area (Å²) in [5.74, 6) is 0.511. The molecule has 0 aliphatic carbocycles. The summed E-state index contributed by atoms with van der Waals surface area (Å²) in [6, 6.07) is 16.8. The van der Waals surface area contributed by atoms with E-state index in [2.05, 4.69) is 38.2 Å². The molecule has 1 aliphatic heterocycles. The van der Waals surface area contributed by atoms with Gasteiger partial charge in [-0.1, -0.05) is 59.8 Å². The zero-order valence-corrected chi connectivity index (χ0v) is 19.2. The van der Waals surface area contributed by atoms with Crippen LogP contribution in [-0.4, -0.2) is 40.6 Å². The van der Waals surface area contributed by atoms with Gasteiger partial charge in [0.2, 0.25) is 11.8 Å². The van der Waals surface area contributed by atoms with E-state index in [0.29, 0.717) is 24.7 Å². The Morgan fingerprint density at radius 1 is 1.18 bits per heavy atom. The summed E-state index contributed by atoms with van der Waals surface area (Å²) in [6.45, 7) is 2.82. The molecule has 0 spiro atoms. The lowest BCUT2D eigenvalue weighted by atomic mass is 9.86. The zero-order chi connectivity index (χ0) is 23.2. The molecule has 2 heterocycles. The number of nitrogens with zero attached hydrogens (tertiary/aromatic N) is 1. The van der Waals surface area contributed by atoms with Gasteiger partial charge in [0.15, 0.2) is 5.82 Å². The molecular formula is C24H27N5O3S. The van der Waals surface area contributed by atoms with Crippen LogP contribution in [0.4, 0.5) is 0 Å². The summed E-state index contributed by atoms with van der Waals surface area (Å²) >= 11 is 4.89. The number of carbonyl (C=O) groups is 2. The first kappa shape index (κ1) is 22.9. The Morgan fingerprint density at radius 2 is 1.94 bits per heavy atom. The van der Waals surface area contributed by atoms with Gasteiger partial charge in [0.05, 0.1) is 6.04 Å². The van der Waals surface area contributed by atoms with Crippen molar-refractivity contribution in [1.29, 1.82) is 0 Å². The molecule has 0 unspecified atom stereocenters. The highest BCUT2D eigenvalue weighted by molar-refractivity contribution is 7.71. The second-order valence-corrected chi connectivity index (χ2v) is 8.60. The first-order chi connectivity index (χ1) is 16.0. The number of aromatic nitrogens is 2. The molecule has 3 atom stereocenters. The predicted octanol–water partition coefficient (Wildman–Crippen LogP) is 3.06. The number of nitrogens with one attached hydrogen (secondary N) is 4. The molecule has 172 valence electrons. The Balaban J connectivity index is 1.26. The number of H-pyrrole nitrogens is 1. The number of piperidine rings is 1. The van der Waals surface area contributed by atoms with Crippen molar-refractivity contribution in [2.24, 2.45) is 0 Å². The van der Waals surface area contributed by atoms with Crippen LogP contribution in [0.3, 0.4) is 0 Å². The van der Waals surface area contributed by atoms with E-state index < -0.39 is 6.04 Å². The fourth-order valence-corrected chi connectivity index (χ4v) is 4.14. The first-order valence-corrected chi connectivity index (χ1v) is 11.4. The van der Waals surface area contributed by atoms with Crippen molar-refractivity contribution >= 4 is 24.0 Å². The van der Waals surface area contributed by atoms with Gasteiger partial charge in [0.25, 0.3) is 4.84 Å². The highest BCUT2D eigenvalue weighted by Gasteiger charge is 2.29. The fraction of sp³-hybridized carbons (Fsp3) is 0.333. The second-order valence-electron chi connectivity index (χ2n) is 8.23. The molecule has 0 bridgehead atoms. The van der Waals surface area contributed by atoms with Crippen molar-refractivity contribution in [3.63, 3.8) is 0 Å². The monoisotopic (exact) mass is 465 g/mol. The van der Waals surface area contributed by atoms with Crippen LogP contribution in [0.1, 0.15) is 36.8 Å². The molecule has 9 heteroatoms. The van der Waals surface area contributed by atoms with Crippen molar-refractivity contribution < 1.29 is 14.1 Å². The SMILES string of the molecule is C[C@H](NC(=O)[C@H]1C[C@@H](c2ccccc2)CCN1)C(=O)NCc1ccc(-c2noc(=S)[nH]2)cc1. The van der Waals surface area contributed by atoms with Gasteiger partial charge < -0.3 is 20.5 Å². The van der Waals surface area contributed by atoms with Crippen LogP contribution in [0.15, 0.2) is 59.1 Å². The average molecular weight is 466 g/mol. The average Bonchev–Trinajstić information content (AvgIpc) is 3.29. The Labute approximate surface area is 197 Å². The minimum absolute atomic E-state index is 0.146. The largest absolute Gasteiger partial charge is 0.350 e. The quantitative estimate of drug-likeness (QED) is 0.399. The number of benzene rings is 2. The maximum Gasteiger partial charge on any atom is 0.295 e. The third kappa shape index (κ3) is 5.94. The summed E-state index contributed by atoms with van der Waals surface area (Å²) in [7, 11) is 0. The van der Waals surface area contributed by atoms with Gasteiger partial charge in [-0.05, 0) is 55.6 Å². The number of aromatic amines is 1. The van der Waals surface area contributed by atoms with E-state index in [9.17, 15) is 9.59 Å². The minimum atomic E-state index is -0.633. The second kappa shape index (κ2) is 10.5. The molecule has 0 radical (unpaired) electrons. The van der Waals surface area contributed by atoms with Crippen LogP contribution < -0.4 is 16.0 Å². The fourth-order valence-electron chi connectivity index (χ4n) is 4.00. The van der Waals surface area contributed by atoms with Gasteiger partial charge in [0.1, 0.15) is 6.04 Å². The molecule has 1 aromatic heterocycles. The molecule has 4 rings (SSSR count). The highest BCUT2D eigenvalue weighted by atomic mass is 32.1. The molecule has 4 N–H and O–H groups in total. The molecule has 1 fully saturated rings. The topological polar surface area (TPSA) is 112 Å². The number of rotatable bonds is 7. The number of amides is 2. The molecule has 33 heavy (non-hydrogen) atoms. The minimum Gasteiger partial charge on any atom is -0.350 e. The summed E-state index contributed by atoms with van der Waals surface area (Å²) in [5.41, 5.74) is 3.01. The summed E-state index contributed by atoms with van der Waals surface area (Å²) < 4.78 is 4.87. The van der Waals surface area contributed by atoms with Crippen LogP contribution in [-0.2, 0) is 16.1 Å². The van der Waals surface area contributed by atoms with E-state index in [4.69, 9.17) is 16.7 Å². The Morgan fingerprint density at radius 3 is 2.64 bits per heavy atom. The highest BCUT2D eigenvalue weighted by Crippen LogP contribution is 2.27. The van der Waals surface area contributed by atoms with E-state index in [1.165, 1.54) is 5.56 Å².